The first kappa shape index (κ1) is 92.4. The molecule has 4 aliphatic heterocycles. The number of carbonyl (C=O) groups is 1. The first-order chi connectivity index (χ1) is 52.2. The normalized spacial score (nSPS) is 30.1. The van der Waals surface area contributed by atoms with Crippen LogP contribution < -0.4 is 43.9 Å². The Bertz CT molecular complexity index is 2770. The molecule has 26 heteroatoms. The number of hydrogen-bond acceptors (Lipinski definition) is 25. The summed E-state index contributed by atoms with van der Waals surface area (Å²) in [7, 11) is 0. The van der Waals surface area contributed by atoms with Gasteiger partial charge in [0.05, 0.1) is 37.1 Å². The zero-order valence-electron chi connectivity index (χ0n) is 67.0. The summed E-state index contributed by atoms with van der Waals surface area (Å²) in [6.07, 6.45) is 31.6. The van der Waals surface area contributed by atoms with Crippen LogP contribution in [0, 0.1) is 20.8 Å². The SMILES string of the molecule is CCCCCCCCCCCCCCCCCC(=O)Oc1c(C)c(C)c2c(c1C)CC[C@@](C)(CCCCCCCCCOCc1cn(CCCCCCCCCCCCCCCCSC[C@H]3O[C@@H](O[C@@H]4[C@@H](O)[C@H](N)C[C@H](N)[C@H]4O[C@H]4O[C@H](CN)[C@@H](O)[C@H](O)[C@H]4N)[C@H](O)[C@@H]3O[C@H]3O[C@@H](CN)[C@@H](O)[C@H](O)[C@H]3N)nn1)O2. The minimum atomic E-state index is -1.48. The third-order valence-corrected chi connectivity index (χ3v) is 24.6. The average molecular weight is 1550 g/mol. The number of esters is 1. The highest BCUT2D eigenvalue weighted by Gasteiger charge is 2.55. The van der Waals surface area contributed by atoms with Crippen LogP contribution in [0.15, 0.2) is 6.20 Å². The summed E-state index contributed by atoms with van der Waals surface area (Å²) >= 11 is 1.63. The van der Waals surface area contributed by atoms with Crippen LogP contribution in [-0.4, -0.2) is 205 Å². The summed E-state index contributed by atoms with van der Waals surface area (Å²) in [5.74, 6) is 2.84. The summed E-state index contributed by atoms with van der Waals surface area (Å²) < 4.78 is 57.9. The number of aliphatic hydroxyl groups excluding tert-OH is 6. The molecule has 1 aliphatic carbocycles. The fourth-order valence-corrected chi connectivity index (χ4v) is 17.3. The van der Waals surface area contributed by atoms with Crippen molar-refractivity contribution in [2.24, 2.45) is 34.4 Å². The van der Waals surface area contributed by atoms with Gasteiger partial charge >= 0.3 is 5.97 Å². The van der Waals surface area contributed by atoms with E-state index in [1.165, 1.54) is 185 Å². The number of unbranched alkanes of at least 4 members (excludes halogenated alkanes) is 33. The first-order valence-corrected chi connectivity index (χ1v) is 43.9. The minimum Gasteiger partial charge on any atom is -0.487 e. The number of nitrogens with two attached hydrogens (primary N) is 6. The lowest BCUT2D eigenvalue weighted by molar-refractivity contribution is -0.306. The Morgan fingerprint density at radius 2 is 1.03 bits per heavy atom. The molecule has 1 saturated carbocycles. The number of benzene rings is 1. The summed E-state index contributed by atoms with van der Waals surface area (Å²) in [6, 6.07) is -4.08. The Kier molecular flexibility index (Phi) is 43.2. The molecule has 0 spiro atoms. The maximum absolute atomic E-state index is 13.1. The second-order valence-electron chi connectivity index (χ2n) is 32.6. The minimum absolute atomic E-state index is 0.110. The average Bonchev–Trinajstić information content (AvgIpc) is 0.999. The zero-order valence-corrected chi connectivity index (χ0v) is 67.8. The number of aromatic nitrogens is 3. The monoisotopic (exact) mass is 1550 g/mol. The molecule has 5 aliphatic rings. The van der Waals surface area contributed by atoms with E-state index in [9.17, 15) is 35.4 Å². The Morgan fingerprint density at radius 1 is 0.546 bits per heavy atom. The maximum atomic E-state index is 13.1. The molecule has 1 aromatic carbocycles. The number of ether oxygens (including phenoxy) is 9. The molecule has 624 valence electrons. The lowest BCUT2D eigenvalue weighted by Gasteiger charge is -2.47. The van der Waals surface area contributed by atoms with E-state index in [1.54, 1.807) is 11.8 Å². The molecule has 0 unspecified atom stereocenters. The van der Waals surface area contributed by atoms with Crippen molar-refractivity contribution in [3.8, 4) is 11.5 Å². The lowest BCUT2D eigenvalue weighted by Crippen LogP contribution is -2.68. The number of aliphatic hydroxyl groups is 6. The van der Waals surface area contributed by atoms with Crippen LogP contribution in [0.2, 0.25) is 0 Å². The fourth-order valence-electron chi connectivity index (χ4n) is 16.2. The molecule has 18 N–H and O–H groups in total. The van der Waals surface area contributed by atoms with Crippen molar-refractivity contribution in [2.75, 3.05) is 31.2 Å². The van der Waals surface area contributed by atoms with Crippen molar-refractivity contribution in [1.29, 1.82) is 0 Å². The molecule has 108 heavy (non-hydrogen) atoms. The van der Waals surface area contributed by atoms with Gasteiger partial charge in [0.25, 0.3) is 0 Å². The number of nitrogens with zero attached hydrogens (tertiary/aromatic N) is 3. The van der Waals surface area contributed by atoms with Crippen LogP contribution in [0.5, 0.6) is 11.5 Å². The van der Waals surface area contributed by atoms with Crippen molar-refractivity contribution < 1.29 is 78.1 Å². The Balaban J connectivity index is 0.656. The van der Waals surface area contributed by atoms with Crippen LogP contribution in [0.25, 0.3) is 0 Å². The highest BCUT2D eigenvalue weighted by molar-refractivity contribution is 7.99. The number of carbonyl (C=O) groups excluding carboxylic acids is 1. The van der Waals surface area contributed by atoms with Gasteiger partial charge in [0.1, 0.15) is 83.8 Å². The van der Waals surface area contributed by atoms with Crippen LogP contribution in [0.4, 0.5) is 0 Å². The fraction of sp³-hybridized carbons (Fsp3) is 0.890. The van der Waals surface area contributed by atoms with E-state index in [4.69, 9.17) is 77.0 Å². The molecule has 0 bridgehead atoms. The van der Waals surface area contributed by atoms with E-state index >= 15 is 0 Å². The van der Waals surface area contributed by atoms with Gasteiger partial charge in [-0.1, -0.05) is 211 Å². The third kappa shape index (κ3) is 29.8. The third-order valence-electron chi connectivity index (χ3n) is 23.5. The quantitative estimate of drug-likeness (QED) is 0.0166. The molecular weight excluding hydrogens is 1400 g/mol. The van der Waals surface area contributed by atoms with Gasteiger partial charge < -0.3 is 108 Å². The zero-order chi connectivity index (χ0) is 77.8. The number of aryl methyl sites for hydroxylation is 1. The van der Waals surface area contributed by atoms with Gasteiger partial charge in [-0.05, 0) is 108 Å². The molecule has 0 amide bonds. The van der Waals surface area contributed by atoms with E-state index in [0.717, 1.165) is 123 Å². The summed E-state index contributed by atoms with van der Waals surface area (Å²) in [4.78, 5) is 13.1. The summed E-state index contributed by atoms with van der Waals surface area (Å²) in [5, 5.41) is 74.5. The van der Waals surface area contributed by atoms with Crippen molar-refractivity contribution in [3.63, 3.8) is 0 Å². The van der Waals surface area contributed by atoms with Gasteiger partial charge in [-0.25, -0.2) is 0 Å². The van der Waals surface area contributed by atoms with E-state index in [1.807, 2.05) is 10.9 Å². The second kappa shape index (κ2) is 50.5. The van der Waals surface area contributed by atoms with Crippen LogP contribution in [-0.2, 0) is 57.5 Å². The summed E-state index contributed by atoms with van der Waals surface area (Å²) in [6.45, 7) is 12.7. The van der Waals surface area contributed by atoms with Crippen LogP contribution in [0.3, 0.4) is 0 Å². The molecule has 2 aromatic rings. The van der Waals surface area contributed by atoms with E-state index in [-0.39, 0.29) is 31.1 Å². The molecule has 7 rings (SSSR count). The second-order valence-corrected chi connectivity index (χ2v) is 33.7. The number of rotatable bonds is 56. The molecular formula is C82H149N9O16S. The topological polar surface area (TPSA) is 408 Å². The molecule has 5 heterocycles. The first-order valence-electron chi connectivity index (χ1n) is 42.7. The highest BCUT2D eigenvalue weighted by atomic mass is 32.2. The number of fused-ring (bicyclic) bond motifs is 1. The molecule has 0 radical (unpaired) electrons. The standard InChI is InChI=1S/C82H149N9O16S/c1-6-7-8-9-10-11-12-13-14-17-20-23-27-32-37-42-65(92)103-74-55(2)56(3)75-59(57(74)4)43-45-82(5,107-75)44-38-33-28-26-30-35-40-47-99-53-58-52-91(90-89-58)46-39-34-29-24-21-18-15-16-19-22-25-31-36-41-48-108-54-64-77(105-80-67(88)72(97)70(95)63(51-84)101-80)73(98)81(102-64)106-78-68(93)60(85)49-61(86)76(78)104-79-66(87)71(96)69(94)62(50-83)100-79/h52,60-64,66-73,76-81,93-98H,6-51,53-54,83-88H2,1-5H3/t60-,61+,62-,63+,64-,66-,67-,68+,69-,70-,71-,72-,73-,76-,77-,78-,79-,80-,81+,82-/m1/s1. The predicted octanol–water partition coefficient (Wildman–Crippen LogP) is 10.1. The smallest absolute Gasteiger partial charge is 0.311 e. The van der Waals surface area contributed by atoms with Gasteiger partial charge in [0.2, 0.25) is 0 Å². The lowest BCUT2D eigenvalue weighted by atomic mass is 9.84. The largest absolute Gasteiger partial charge is 0.487 e. The van der Waals surface area contributed by atoms with Gasteiger partial charge in [-0.15, -0.1) is 5.10 Å². The molecule has 4 fully saturated rings. The van der Waals surface area contributed by atoms with Crippen molar-refractivity contribution in [2.45, 2.75) is 433 Å². The molecule has 20 atom stereocenters. The van der Waals surface area contributed by atoms with Gasteiger partial charge in [-0.2, -0.15) is 11.8 Å². The predicted molar refractivity (Wildman–Crippen MR) is 423 cm³/mol. The van der Waals surface area contributed by atoms with E-state index in [2.05, 4.69) is 44.9 Å². The van der Waals surface area contributed by atoms with Crippen LogP contribution >= 0.6 is 11.8 Å². The number of hydrogen-bond donors (Lipinski definition) is 12. The molecule has 25 nitrogen and oxygen atoms in total. The highest BCUT2D eigenvalue weighted by Crippen LogP contribution is 2.46. The maximum Gasteiger partial charge on any atom is 0.311 e. The van der Waals surface area contributed by atoms with Crippen molar-refractivity contribution in [1.82, 2.24) is 15.0 Å². The van der Waals surface area contributed by atoms with Gasteiger partial charge in [-0.3, -0.25) is 9.48 Å². The summed E-state index contributed by atoms with van der Waals surface area (Å²) in [5.41, 5.74) is 42.2. The van der Waals surface area contributed by atoms with Crippen molar-refractivity contribution in [3.05, 3.63) is 34.1 Å². The Hall–Kier alpha value is -2.78. The molecule has 1 aromatic heterocycles. The van der Waals surface area contributed by atoms with Gasteiger partial charge in [0.15, 0.2) is 18.9 Å². The molecule has 3 saturated heterocycles. The number of thioether (sulfide) groups is 1. The van der Waals surface area contributed by atoms with E-state index in [0.29, 0.717) is 18.8 Å². The van der Waals surface area contributed by atoms with Crippen molar-refractivity contribution >= 4 is 17.7 Å². The van der Waals surface area contributed by atoms with Gasteiger partial charge in [0, 0.05) is 56.1 Å². The Labute approximate surface area is 651 Å². The Morgan fingerprint density at radius 3 is 1.57 bits per heavy atom. The van der Waals surface area contributed by atoms with E-state index < -0.39 is 116 Å². The van der Waals surface area contributed by atoms with Crippen LogP contribution in [0.1, 0.15) is 299 Å².